The van der Waals surface area contributed by atoms with E-state index in [4.69, 9.17) is 4.74 Å². The van der Waals surface area contributed by atoms with Crippen LogP contribution in [-0.2, 0) is 6.54 Å². The molecule has 134 valence electrons. The normalized spacial score (nSPS) is 17.4. The van der Waals surface area contributed by atoms with Crippen LogP contribution in [0.2, 0.25) is 0 Å². The van der Waals surface area contributed by atoms with Gasteiger partial charge in [-0.1, -0.05) is 6.07 Å². The van der Waals surface area contributed by atoms with Crippen LogP contribution >= 0.6 is 0 Å². The highest BCUT2D eigenvalue weighted by Gasteiger charge is 2.23. The van der Waals surface area contributed by atoms with Gasteiger partial charge in [-0.15, -0.1) is 0 Å². The zero-order valence-corrected chi connectivity index (χ0v) is 15.2. The van der Waals surface area contributed by atoms with Crippen LogP contribution in [0.3, 0.4) is 0 Å². The number of aromatic nitrogens is 2. The third kappa shape index (κ3) is 3.95. The van der Waals surface area contributed by atoms with E-state index in [1.807, 2.05) is 38.1 Å². The molecule has 0 saturated carbocycles. The molecule has 1 aliphatic rings. The second-order valence-electron chi connectivity index (χ2n) is 6.45. The first kappa shape index (κ1) is 17.3. The Morgan fingerprint density at radius 3 is 3.00 bits per heavy atom. The Balaban J connectivity index is 1.68. The van der Waals surface area contributed by atoms with Crippen molar-refractivity contribution in [3.8, 4) is 5.75 Å². The molecule has 1 N–H and O–H groups in total. The molecule has 1 unspecified atom stereocenters. The SMILES string of the molecule is CCn1nc(C)cc1C(=O)NC1CCCN(c2cccc(OC)c2)C1. The maximum absolute atomic E-state index is 12.6. The number of hydrogen-bond donors (Lipinski definition) is 1. The predicted molar refractivity (Wildman–Crippen MR) is 98.3 cm³/mol. The number of aryl methyl sites for hydroxylation is 2. The number of methoxy groups -OCH3 is 1. The lowest BCUT2D eigenvalue weighted by molar-refractivity contribution is 0.0922. The highest BCUT2D eigenvalue weighted by atomic mass is 16.5. The van der Waals surface area contributed by atoms with Crippen molar-refractivity contribution < 1.29 is 9.53 Å². The Morgan fingerprint density at radius 1 is 1.40 bits per heavy atom. The quantitative estimate of drug-likeness (QED) is 0.907. The molecular formula is C19H26N4O2. The van der Waals surface area contributed by atoms with Crippen LogP contribution in [0, 0.1) is 6.92 Å². The third-order valence-electron chi connectivity index (χ3n) is 4.61. The largest absolute Gasteiger partial charge is 0.497 e. The van der Waals surface area contributed by atoms with Gasteiger partial charge in [0.15, 0.2) is 0 Å². The van der Waals surface area contributed by atoms with Gasteiger partial charge in [0.2, 0.25) is 0 Å². The summed E-state index contributed by atoms with van der Waals surface area (Å²) in [4.78, 5) is 14.9. The molecule has 1 saturated heterocycles. The molecule has 1 fully saturated rings. The lowest BCUT2D eigenvalue weighted by Gasteiger charge is -2.35. The topological polar surface area (TPSA) is 59.4 Å². The number of hydrogen-bond acceptors (Lipinski definition) is 4. The maximum atomic E-state index is 12.6. The van der Waals surface area contributed by atoms with E-state index in [1.54, 1.807) is 11.8 Å². The summed E-state index contributed by atoms with van der Waals surface area (Å²) < 4.78 is 7.07. The van der Waals surface area contributed by atoms with Crippen molar-refractivity contribution in [3.63, 3.8) is 0 Å². The van der Waals surface area contributed by atoms with Crippen molar-refractivity contribution in [2.45, 2.75) is 39.3 Å². The first-order valence-corrected chi connectivity index (χ1v) is 8.85. The van der Waals surface area contributed by atoms with Gasteiger partial charge in [0.25, 0.3) is 5.91 Å². The monoisotopic (exact) mass is 342 g/mol. The minimum Gasteiger partial charge on any atom is -0.497 e. The van der Waals surface area contributed by atoms with Crippen LogP contribution < -0.4 is 15.0 Å². The first-order valence-electron chi connectivity index (χ1n) is 8.85. The second-order valence-corrected chi connectivity index (χ2v) is 6.45. The van der Waals surface area contributed by atoms with E-state index in [-0.39, 0.29) is 11.9 Å². The molecule has 0 aliphatic carbocycles. The van der Waals surface area contributed by atoms with Gasteiger partial charge >= 0.3 is 0 Å². The first-order chi connectivity index (χ1) is 12.1. The minimum absolute atomic E-state index is 0.0417. The third-order valence-corrected chi connectivity index (χ3v) is 4.61. The summed E-state index contributed by atoms with van der Waals surface area (Å²) in [7, 11) is 1.68. The number of amides is 1. The molecular weight excluding hydrogens is 316 g/mol. The number of rotatable bonds is 5. The van der Waals surface area contributed by atoms with Crippen LogP contribution in [0.4, 0.5) is 5.69 Å². The standard InChI is InChI=1S/C19H26N4O2/c1-4-23-18(11-14(2)21-23)19(24)20-15-7-6-10-22(13-15)16-8-5-9-17(12-16)25-3/h5,8-9,11-12,15H,4,6-7,10,13H2,1-3H3,(H,20,24). The molecule has 6 nitrogen and oxygen atoms in total. The molecule has 1 aromatic heterocycles. The summed E-state index contributed by atoms with van der Waals surface area (Å²) in [5, 5.41) is 7.54. The minimum atomic E-state index is -0.0417. The molecule has 1 aliphatic heterocycles. The number of anilines is 1. The van der Waals surface area contributed by atoms with Gasteiger partial charge in [0.05, 0.1) is 12.8 Å². The van der Waals surface area contributed by atoms with Crippen molar-refractivity contribution in [1.82, 2.24) is 15.1 Å². The molecule has 1 aromatic carbocycles. The van der Waals surface area contributed by atoms with Crippen molar-refractivity contribution in [2.75, 3.05) is 25.1 Å². The fraction of sp³-hybridized carbons (Fsp3) is 0.474. The van der Waals surface area contributed by atoms with Gasteiger partial charge < -0.3 is 15.0 Å². The molecule has 2 heterocycles. The van der Waals surface area contributed by atoms with Crippen LogP contribution in [-0.4, -0.2) is 41.9 Å². The number of carbonyl (C=O) groups excluding carboxylic acids is 1. The van der Waals surface area contributed by atoms with Gasteiger partial charge in [-0.2, -0.15) is 5.10 Å². The Labute approximate surface area is 148 Å². The highest BCUT2D eigenvalue weighted by Crippen LogP contribution is 2.24. The molecule has 2 aromatic rings. The Morgan fingerprint density at radius 2 is 2.24 bits per heavy atom. The van der Waals surface area contributed by atoms with Crippen molar-refractivity contribution >= 4 is 11.6 Å². The van der Waals surface area contributed by atoms with E-state index >= 15 is 0 Å². The molecule has 6 heteroatoms. The number of benzene rings is 1. The number of nitrogens with zero attached hydrogens (tertiary/aromatic N) is 3. The van der Waals surface area contributed by atoms with E-state index in [0.717, 1.165) is 43.1 Å². The van der Waals surface area contributed by atoms with E-state index < -0.39 is 0 Å². The molecule has 3 rings (SSSR count). The zero-order valence-electron chi connectivity index (χ0n) is 15.2. The van der Waals surface area contributed by atoms with E-state index in [2.05, 4.69) is 21.4 Å². The van der Waals surface area contributed by atoms with Crippen LogP contribution in [0.1, 0.15) is 35.9 Å². The molecule has 1 atom stereocenters. The Bertz CT molecular complexity index is 741. The number of nitrogens with one attached hydrogen (secondary N) is 1. The summed E-state index contributed by atoms with van der Waals surface area (Å²) in [6.45, 7) is 6.39. The van der Waals surface area contributed by atoms with E-state index in [0.29, 0.717) is 12.2 Å². The lowest BCUT2D eigenvalue weighted by Crippen LogP contribution is -2.48. The summed E-state index contributed by atoms with van der Waals surface area (Å²) in [6.07, 6.45) is 2.04. The fourth-order valence-corrected chi connectivity index (χ4v) is 3.37. The van der Waals surface area contributed by atoms with Crippen molar-refractivity contribution in [3.05, 3.63) is 41.7 Å². The van der Waals surface area contributed by atoms with Crippen LogP contribution in [0.25, 0.3) is 0 Å². The average molecular weight is 342 g/mol. The van der Waals surface area contributed by atoms with Gasteiger partial charge in [-0.3, -0.25) is 9.48 Å². The number of carbonyl (C=O) groups is 1. The van der Waals surface area contributed by atoms with Crippen LogP contribution in [0.5, 0.6) is 5.75 Å². The predicted octanol–water partition coefficient (Wildman–Crippen LogP) is 2.62. The van der Waals surface area contributed by atoms with E-state index in [1.165, 1.54) is 0 Å². The zero-order chi connectivity index (χ0) is 17.8. The number of piperidine rings is 1. The second kappa shape index (κ2) is 7.59. The highest BCUT2D eigenvalue weighted by molar-refractivity contribution is 5.93. The summed E-state index contributed by atoms with van der Waals surface area (Å²) >= 11 is 0. The van der Waals surface area contributed by atoms with Crippen molar-refractivity contribution in [1.29, 1.82) is 0 Å². The van der Waals surface area contributed by atoms with E-state index in [9.17, 15) is 4.79 Å². The molecule has 0 spiro atoms. The maximum Gasteiger partial charge on any atom is 0.269 e. The Hall–Kier alpha value is -2.50. The van der Waals surface area contributed by atoms with Crippen LogP contribution in [0.15, 0.2) is 30.3 Å². The summed E-state index contributed by atoms with van der Waals surface area (Å²) in [5.74, 6) is 0.811. The number of ether oxygens (including phenoxy) is 1. The average Bonchev–Trinajstić information content (AvgIpc) is 3.03. The summed E-state index contributed by atoms with van der Waals surface area (Å²) in [5.41, 5.74) is 2.64. The smallest absolute Gasteiger partial charge is 0.269 e. The lowest BCUT2D eigenvalue weighted by atomic mass is 10.0. The van der Waals surface area contributed by atoms with Gasteiger partial charge in [-0.05, 0) is 44.9 Å². The molecule has 0 radical (unpaired) electrons. The fourth-order valence-electron chi connectivity index (χ4n) is 3.37. The molecule has 0 bridgehead atoms. The van der Waals surface area contributed by atoms with Gasteiger partial charge in [0, 0.05) is 37.4 Å². The Kier molecular flexibility index (Phi) is 5.26. The van der Waals surface area contributed by atoms with Crippen molar-refractivity contribution in [2.24, 2.45) is 0 Å². The van der Waals surface area contributed by atoms with Gasteiger partial charge in [-0.25, -0.2) is 0 Å². The summed E-state index contributed by atoms with van der Waals surface area (Å²) in [6, 6.07) is 10.1. The molecule has 1 amide bonds. The molecule has 25 heavy (non-hydrogen) atoms. The van der Waals surface area contributed by atoms with Gasteiger partial charge in [0.1, 0.15) is 11.4 Å².